The van der Waals surface area contributed by atoms with E-state index < -0.39 is 30.0 Å². The largest absolute Gasteiger partial charge is 0.391 e. The van der Waals surface area contributed by atoms with Crippen molar-refractivity contribution >= 4 is 28.6 Å². The fraction of sp³-hybridized carbons (Fsp3) is 0.711. The number of aliphatic hydroxyl groups excluding tert-OH is 1. The van der Waals surface area contributed by atoms with E-state index >= 15 is 0 Å². The fourth-order valence-corrected chi connectivity index (χ4v) is 6.84. The molecule has 0 spiro atoms. The zero-order valence-electron chi connectivity index (χ0n) is 30.6. The summed E-state index contributed by atoms with van der Waals surface area (Å²) in [6, 6.07) is 5.13. The molecule has 1 fully saturated rings. The van der Waals surface area contributed by atoms with E-state index in [-0.39, 0.29) is 54.4 Å². The Balaban J connectivity index is 1.90. The Labute approximate surface area is 288 Å². The summed E-state index contributed by atoms with van der Waals surface area (Å²) < 4.78 is 5.27. The van der Waals surface area contributed by atoms with Crippen LogP contribution in [0.5, 0.6) is 0 Å². The first kappa shape index (κ1) is 39.5. The van der Waals surface area contributed by atoms with Gasteiger partial charge in [-0.3, -0.25) is 14.4 Å². The summed E-state index contributed by atoms with van der Waals surface area (Å²) in [6.07, 6.45) is 5.97. The molecule has 0 bridgehead atoms. The Morgan fingerprint density at radius 2 is 1.69 bits per heavy atom. The lowest BCUT2D eigenvalue weighted by Gasteiger charge is -2.36. The molecule has 0 aliphatic heterocycles. The molecule has 10 heteroatoms. The van der Waals surface area contributed by atoms with Crippen LogP contribution in [-0.4, -0.2) is 72.8 Å². The second-order valence-electron chi connectivity index (χ2n) is 15.1. The molecule has 10 nitrogen and oxygen atoms in total. The standard InChI is InChI=1S/C38H63N5O5/c1-22(2)29(25(7)27-13-14-32-31(16-27)28(21-40-32)10-9-15-48-8)17-33(42-38(47)36(24(5)6)43-35(45)19-39)34(44)18-30(23(3)4)37(46)41-20-26-11-12-26/h13-14,16,21-26,29-30,33-34,36,40,44H,9-12,15,17-20,39H2,1-8H3,(H,41,46)(H,42,47)(H,43,45)/t25?,29-,30-,33-,34-,36-/m0/s1. The van der Waals surface area contributed by atoms with Crippen molar-refractivity contribution in [1.29, 1.82) is 0 Å². The van der Waals surface area contributed by atoms with E-state index in [1.165, 1.54) is 16.5 Å². The predicted molar refractivity (Wildman–Crippen MR) is 192 cm³/mol. The number of carbonyl (C=O) groups is 3. The smallest absolute Gasteiger partial charge is 0.243 e. The van der Waals surface area contributed by atoms with Crippen molar-refractivity contribution in [2.75, 3.05) is 26.8 Å². The predicted octanol–water partition coefficient (Wildman–Crippen LogP) is 4.65. The van der Waals surface area contributed by atoms with Crippen molar-refractivity contribution in [3.63, 3.8) is 0 Å². The van der Waals surface area contributed by atoms with E-state index in [4.69, 9.17) is 10.5 Å². The van der Waals surface area contributed by atoms with E-state index in [1.54, 1.807) is 7.11 Å². The number of rotatable bonds is 21. The maximum atomic E-state index is 13.8. The average Bonchev–Trinajstić information content (AvgIpc) is 3.80. The van der Waals surface area contributed by atoms with E-state index in [9.17, 15) is 19.5 Å². The Morgan fingerprint density at radius 1 is 0.979 bits per heavy atom. The number of methoxy groups -OCH3 is 1. The maximum Gasteiger partial charge on any atom is 0.243 e. The monoisotopic (exact) mass is 669 g/mol. The van der Waals surface area contributed by atoms with Gasteiger partial charge in [0.25, 0.3) is 0 Å². The zero-order chi connectivity index (χ0) is 35.5. The van der Waals surface area contributed by atoms with Crippen LogP contribution in [-0.2, 0) is 25.5 Å². The van der Waals surface area contributed by atoms with E-state index in [1.807, 2.05) is 27.7 Å². The van der Waals surface area contributed by atoms with Crippen LogP contribution in [0.4, 0.5) is 0 Å². The van der Waals surface area contributed by atoms with Crippen molar-refractivity contribution in [2.45, 2.75) is 111 Å². The SMILES string of the molecule is COCCCc1c[nH]c2ccc(C(C)[C@@H](C[C@H](NC(=O)[C@@H](NC(=O)CN)C(C)C)[C@@H](O)C[C@H](C(=O)NCC3CC3)C(C)C)C(C)C)cc12. The number of fused-ring (bicyclic) bond motifs is 1. The van der Waals surface area contributed by atoms with Crippen LogP contribution in [0.15, 0.2) is 24.4 Å². The molecule has 1 aliphatic carbocycles. The number of aromatic nitrogens is 1. The van der Waals surface area contributed by atoms with Gasteiger partial charge in [-0.15, -0.1) is 0 Å². The fourth-order valence-electron chi connectivity index (χ4n) is 6.84. The van der Waals surface area contributed by atoms with Gasteiger partial charge in [0.15, 0.2) is 0 Å². The van der Waals surface area contributed by atoms with Gasteiger partial charge in [0.2, 0.25) is 17.7 Å². The molecule has 0 saturated heterocycles. The quantitative estimate of drug-likeness (QED) is 0.106. The summed E-state index contributed by atoms with van der Waals surface area (Å²) in [7, 11) is 1.72. The summed E-state index contributed by atoms with van der Waals surface area (Å²) in [5.74, 6) is -0.424. The van der Waals surface area contributed by atoms with Gasteiger partial charge in [0.05, 0.1) is 18.7 Å². The summed E-state index contributed by atoms with van der Waals surface area (Å²) in [5.41, 5.74) is 9.11. The molecule has 1 heterocycles. The number of amides is 3. The average molecular weight is 670 g/mol. The Bertz CT molecular complexity index is 1320. The molecule has 3 amide bonds. The summed E-state index contributed by atoms with van der Waals surface area (Å²) >= 11 is 0. The third kappa shape index (κ3) is 11.3. The van der Waals surface area contributed by atoms with Crippen molar-refractivity contribution in [2.24, 2.45) is 41.2 Å². The van der Waals surface area contributed by atoms with Crippen molar-refractivity contribution in [1.82, 2.24) is 20.9 Å². The second-order valence-corrected chi connectivity index (χ2v) is 15.1. The molecule has 1 unspecified atom stereocenters. The molecular formula is C38H63N5O5. The molecule has 6 atom stereocenters. The Kier molecular flexibility index (Phi) is 15.4. The summed E-state index contributed by atoms with van der Waals surface area (Å²) in [5, 5.41) is 22.1. The number of benzene rings is 1. The molecule has 7 N–H and O–H groups in total. The van der Waals surface area contributed by atoms with Crippen LogP contribution in [0, 0.1) is 35.5 Å². The molecule has 2 aromatic rings. The summed E-state index contributed by atoms with van der Waals surface area (Å²) in [6.45, 7) is 15.5. The van der Waals surface area contributed by atoms with Gasteiger partial charge in [-0.1, -0.05) is 54.5 Å². The zero-order valence-corrected chi connectivity index (χ0v) is 30.6. The van der Waals surface area contributed by atoms with Gasteiger partial charge in [-0.2, -0.15) is 0 Å². The lowest BCUT2D eigenvalue weighted by molar-refractivity contribution is -0.131. The maximum absolute atomic E-state index is 13.8. The van der Waals surface area contributed by atoms with Crippen LogP contribution in [0.3, 0.4) is 0 Å². The van der Waals surface area contributed by atoms with Crippen LogP contribution < -0.4 is 21.7 Å². The second kappa shape index (κ2) is 18.7. The first-order chi connectivity index (χ1) is 22.8. The van der Waals surface area contributed by atoms with Gasteiger partial charge in [-0.25, -0.2) is 0 Å². The van der Waals surface area contributed by atoms with Crippen molar-refractivity contribution in [3.05, 3.63) is 35.5 Å². The minimum Gasteiger partial charge on any atom is -0.391 e. The molecular weight excluding hydrogens is 606 g/mol. The van der Waals surface area contributed by atoms with Gasteiger partial charge >= 0.3 is 0 Å². The first-order valence-corrected chi connectivity index (χ1v) is 18.1. The number of aryl methyl sites for hydroxylation is 1. The normalized spacial score (nSPS) is 17.3. The number of aromatic amines is 1. The van der Waals surface area contributed by atoms with Gasteiger partial charge in [0, 0.05) is 43.3 Å². The van der Waals surface area contributed by atoms with E-state index in [0.29, 0.717) is 25.5 Å². The number of ether oxygens (including phenoxy) is 1. The number of aliphatic hydroxyl groups is 1. The molecule has 1 aromatic carbocycles. The number of nitrogens with one attached hydrogen (secondary N) is 4. The van der Waals surface area contributed by atoms with Crippen molar-refractivity contribution < 1.29 is 24.2 Å². The minimum absolute atomic E-state index is 0.00782. The number of hydrogen-bond acceptors (Lipinski definition) is 6. The first-order valence-electron chi connectivity index (χ1n) is 18.1. The van der Waals surface area contributed by atoms with Crippen LogP contribution in [0.1, 0.15) is 97.6 Å². The number of carbonyl (C=O) groups excluding carboxylic acids is 3. The molecule has 1 aliphatic rings. The van der Waals surface area contributed by atoms with Gasteiger partial charge < -0.3 is 36.5 Å². The topological polar surface area (TPSA) is 159 Å². The van der Waals surface area contributed by atoms with Crippen LogP contribution in [0.25, 0.3) is 10.9 Å². The molecule has 48 heavy (non-hydrogen) atoms. The van der Waals surface area contributed by atoms with Gasteiger partial charge in [-0.05, 0) is 97.3 Å². The van der Waals surface area contributed by atoms with Crippen molar-refractivity contribution in [3.8, 4) is 0 Å². The molecule has 1 aromatic heterocycles. The lowest BCUT2D eigenvalue weighted by atomic mass is 9.75. The Hall–Kier alpha value is -2.95. The highest BCUT2D eigenvalue weighted by molar-refractivity contribution is 5.88. The molecule has 1 saturated carbocycles. The highest BCUT2D eigenvalue weighted by atomic mass is 16.5. The molecule has 270 valence electrons. The summed E-state index contributed by atoms with van der Waals surface area (Å²) in [4.78, 5) is 42.7. The van der Waals surface area contributed by atoms with Crippen LogP contribution in [0.2, 0.25) is 0 Å². The highest BCUT2D eigenvalue weighted by Crippen LogP contribution is 2.37. The Morgan fingerprint density at radius 3 is 2.27 bits per heavy atom. The van der Waals surface area contributed by atoms with E-state index in [2.05, 4.69) is 66.1 Å². The van der Waals surface area contributed by atoms with Gasteiger partial charge in [0.1, 0.15) is 6.04 Å². The third-order valence-corrected chi connectivity index (χ3v) is 10.3. The third-order valence-electron chi connectivity index (χ3n) is 10.3. The van der Waals surface area contributed by atoms with E-state index in [0.717, 1.165) is 31.2 Å². The highest BCUT2D eigenvalue weighted by Gasteiger charge is 2.36. The number of nitrogens with two attached hydrogens (primary N) is 1. The lowest BCUT2D eigenvalue weighted by Crippen LogP contribution is -2.56. The number of hydrogen-bond donors (Lipinski definition) is 6. The molecule has 3 rings (SSSR count). The number of H-pyrrole nitrogens is 1. The van der Waals surface area contributed by atoms with Crippen LogP contribution >= 0.6 is 0 Å². The minimum atomic E-state index is -0.973. The molecule has 0 radical (unpaired) electrons.